The molecule has 1 fully saturated rings. The molecule has 2 aromatic rings. The molecule has 0 saturated carbocycles. The molecule has 1 aliphatic heterocycles. The predicted octanol–water partition coefficient (Wildman–Crippen LogP) is 1.75. The Bertz CT molecular complexity index is 839. The lowest BCUT2D eigenvalue weighted by atomic mass is 9.98. The summed E-state index contributed by atoms with van der Waals surface area (Å²) >= 11 is 5.73. The van der Waals surface area contributed by atoms with Gasteiger partial charge in [0, 0.05) is 37.2 Å². The average Bonchev–Trinajstić information content (AvgIpc) is 2.55. The third kappa shape index (κ3) is 3.56. The van der Waals surface area contributed by atoms with Gasteiger partial charge in [0.25, 0.3) is 11.6 Å². The smallest absolute Gasteiger partial charge is 0.289 e. The largest absolute Gasteiger partial charge is 0.336 e. The van der Waals surface area contributed by atoms with Crippen LogP contribution in [0.15, 0.2) is 36.8 Å². The third-order valence-corrected chi connectivity index (χ3v) is 4.05. The van der Waals surface area contributed by atoms with Gasteiger partial charge in [-0.3, -0.25) is 24.7 Å². The number of halogens is 1. The lowest BCUT2D eigenvalue weighted by Crippen LogP contribution is -2.54. The summed E-state index contributed by atoms with van der Waals surface area (Å²) < 4.78 is 0. The minimum atomic E-state index is -0.622. The average molecular weight is 362 g/mol. The van der Waals surface area contributed by atoms with E-state index in [1.54, 1.807) is 0 Å². The van der Waals surface area contributed by atoms with Gasteiger partial charge in [-0.25, -0.2) is 4.98 Å². The highest BCUT2D eigenvalue weighted by Gasteiger charge is 2.36. The number of nitro groups is 1. The number of hydrogen-bond acceptors (Lipinski definition) is 6. The summed E-state index contributed by atoms with van der Waals surface area (Å²) in [6.45, 7) is 0.494. The molecule has 0 unspecified atom stereocenters. The second-order valence-electron chi connectivity index (χ2n) is 5.41. The summed E-state index contributed by atoms with van der Waals surface area (Å²) in [6, 6.07) is 4.02. The van der Waals surface area contributed by atoms with E-state index in [9.17, 15) is 19.7 Å². The van der Waals surface area contributed by atoms with Crippen molar-refractivity contribution >= 4 is 34.8 Å². The van der Waals surface area contributed by atoms with Crippen LogP contribution < -0.4 is 5.32 Å². The third-order valence-electron chi connectivity index (χ3n) is 3.73. The van der Waals surface area contributed by atoms with Crippen molar-refractivity contribution in [2.24, 2.45) is 5.92 Å². The Labute approximate surface area is 146 Å². The van der Waals surface area contributed by atoms with Crippen LogP contribution in [0.25, 0.3) is 0 Å². The van der Waals surface area contributed by atoms with Crippen molar-refractivity contribution in [1.82, 2.24) is 14.9 Å². The van der Waals surface area contributed by atoms with Crippen molar-refractivity contribution in [1.29, 1.82) is 0 Å². The summed E-state index contributed by atoms with van der Waals surface area (Å²) in [5, 5.41) is 13.5. The van der Waals surface area contributed by atoms with Crippen LogP contribution in [0.4, 0.5) is 11.4 Å². The molecule has 2 amide bonds. The molecule has 1 saturated heterocycles. The maximum Gasteiger partial charge on any atom is 0.289 e. The Balaban J connectivity index is 1.59. The van der Waals surface area contributed by atoms with Crippen LogP contribution in [0.2, 0.25) is 5.02 Å². The molecule has 2 heterocycles. The molecule has 1 N–H and O–H groups in total. The monoisotopic (exact) mass is 361 g/mol. The van der Waals surface area contributed by atoms with Crippen LogP contribution in [-0.2, 0) is 4.79 Å². The molecule has 25 heavy (non-hydrogen) atoms. The number of rotatable bonds is 4. The minimum absolute atomic E-state index is 0.00705. The van der Waals surface area contributed by atoms with E-state index in [1.165, 1.54) is 41.7 Å². The lowest BCUT2D eigenvalue weighted by Gasteiger charge is -2.37. The number of amides is 2. The Hall–Kier alpha value is -3.07. The topological polar surface area (TPSA) is 118 Å². The van der Waals surface area contributed by atoms with Crippen molar-refractivity contribution < 1.29 is 14.5 Å². The highest BCUT2D eigenvalue weighted by Crippen LogP contribution is 2.28. The van der Waals surface area contributed by atoms with E-state index in [0.717, 1.165) is 0 Å². The van der Waals surface area contributed by atoms with Crippen molar-refractivity contribution in [3.63, 3.8) is 0 Å². The summed E-state index contributed by atoms with van der Waals surface area (Å²) in [5.74, 6) is -1.01. The first kappa shape index (κ1) is 16.8. The molecule has 10 heteroatoms. The number of nitro benzene ring substituents is 1. The van der Waals surface area contributed by atoms with Crippen molar-refractivity contribution in [2.75, 3.05) is 18.4 Å². The van der Waals surface area contributed by atoms with Gasteiger partial charge in [0.05, 0.1) is 17.0 Å². The molecule has 1 aromatic carbocycles. The standard InChI is InChI=1S/C15H12ClN5O4/c16-11-2-1-10(5-13(11)21(24)25)19-14(22)9-7-20(8-9)15(23)12-6-17-3-4-18-12/h1-6,9H,7-8H2,(H,19,22). The van der Waals surface area contributed by atoms with Gasteiger partial charge in [-0.1, -0.05) is 11.6 Å². The number of aromatic nitrogens is 2. The zero-order valence-electron chi connectivity index (χ0n) is 12.8. The number of nitrogens with zero attached hydrogens (tertiary/aromatic N) is 4. The first-order chi connectivity index (χ1) is 12.0. The number of carbonyl (C=O) groups excluding carboxylic acids is 2. The van der Waals surface area contributed by atoms with Crippen LogP contribution in [0.3, 0.4) is 0 Å². The molecular weight excluding hydrogens is 350 g/mol. The van der Waals surface area contributed by atoms with Gasteiger partial charge in [0.2, 0.25) is 5.91 Å². The van der Waals surface area contributed by atoms with Crippen LogP contribution in [0.1, 0.15) is 10.5 Å². The van der Waals surface area contributed by atoms with E-state index in [-0.39, 0.29) is 47.0 Å². The summed E-state index contributed by atoms with van der Waals surface area (Å²) in [5.41, 5.74) is 0.210. The molecule has 9 nitrogen and oxygen atoms in total. The van der Waals surface area contributed by atoms with E-state index in [4.69, 9.17) is 11.6 Å². The van der Waals surface area contributed by atoms with Gasteiger partial charge in [-0.05, 0) is 12.1 Å². The van der Waals surface area contributed by atoms with Crippen molar-refractivity contribution in [3.8, 4) is 0 Å². The zero-order chi connectivity index (χ0) is 18.0. The maximum atomic E-state index is 12.2. The molecular formula is C15H12ClN5O4. The number of hydrogen-bond donors (Lipinski definition) is 1. The van der Waals surface area contributed by atoms with E-state index in [1.807, 2.05) is 0 Å². The van der Waals surface area contributed by atoms with E-state index >= 15 is 0 Å². The highest BCUT2D eigenvalue weighted by molar-refractivity contribution is 6.32. The van der Waals surface area contributed by atoms with Crippen LogP contribution >= 0.6 is 11.6 Å². The van der Waals surface area contributed by atoms with Gasteiger partial charge < -0.3 is 10.2 Å². The van der Waals surface area contributed by atoms with Gasteiger partial charge in [-0.15, -0.1) is 0 Å². The van der Waals surface area contributed by atoms with E-state index in [2.05, 4.69) is 15.3 Å². The zero-order valence-corrected chi connectivity index (χ0v) is 13.5. The van der Waals surface area contributed by atoms with Crippen LogP contribution in [-0.4, -0.2) is 44.7 Å². The fraction of sp³-hybridized carbons (Fsp3) is 0.200. The van der Waals surface area contributed by atoms with Crippen LogP contribution in [0.5, 0.6) is 0 Å². The van der Waals surface area contributed by atoms with E-state index in [0.29, 0.717) is 0 Å². The van der Waals surface area contributed by atoms with E-state index < -0.39 is 10.8 Å². The quantitative estimate of drug-likeness (QED) is 0.654. The van der Waals surface area contributed by atoms with Crippen molar-refractivity contribution in [2.45, 2.75) is 0 Å². The Morgan fingerprint density at radius 1 is 1.32 bits per heavy atom. The SMILES string of the molecule is O=C(Nc1ccc(Cl)c([N+](=O)[O-])c1)C1CN(C(=O)c2cnccn2)C1. The number of benzene rings is 1. The number of carbonyl (C=O) groups is 2. The molecule has 0 aliphatic carbocycles. The number of likely N-dealkylation sites (tertiary alicyclic amines) is 1. The van der Waals surface area contributed by atoms with Gasteiger partial charge >= 0.3 is 0 Å². The maximum absolute atomic E-state index is 12.2. The van der Waals surface area contributed by atoms with Crippen molar-refractivity contribution in [3.05, 3.63) is 57.6 Å². The lowest BCUT2D eigenvalue weighted by molar-refractivity contribution is -0.384. The predicted molar refractivity (Wildman–Crippen MR) is 88.2 cm³/mol. The Morgan fingerprint density at radius 3 is 2.72 bits per heavy atom. The Kier molecular flexibility index (Phi) is 4.57. The molecule has 1 aliphatic rings. The fourth-order valence-corrected chi connectivity index (χ4v) is 2.54. The normalized spacial score (nSPS) is 13.9. The molecule has 0 spiro atoms. The first-order valence-corrected chi connectivity index (χ1v) is 7.63. The fourth-order valence-electron chi connectivity index (χ4n) is 2.36. The molecule has 1 aromatic heterocycles. The number of anilines is 1. The number of nitrogens with one attached hydrogen (secondary N) is 1. The second-order valence-corrected chi connectivity index (χ2v) is 5.82. The summed E-state index contributed by atoms with van der Waals surface area (Å²) in [4.78, 5) is 43.8. The molecule has 0 bridgehead atoms. The first-order valence-electron chi connectivity index (χ1n) is 7.26. The minimum Gasteiger partial charge on any atom is -0.336 e. The molecule has 128 valence electrons. The highest BCUT2D eigenvalue weighted by atomic mass is 35.5. The summed E-state index contributed by atoms with van der Waals surface area (Å²) in [6.07, 6.45) is 4.25. The molecule has 0 atom stereocenters. The van der Waals surface area contributed by atoms with Gasteiger partial charge in [0.1, 0.15) is 10.7 Å². The second kappa shape index (κ2) is 6.81. The molecule has 3 rings (SSSR count). The Morgan fingerprint density at radius 2 is 2.08 bits per heavy atom. The van der Waals surface area contributed by atoms with Crippen LogP contribution in [0, 0.1) is 16.0 Å². The van der Waals surface area contributed by atoms with Gasteiger partial charge in [-0.2, -0.15) is 0 Å². The summed E-state index contributed by atoms with van der Waals surface area (Å²) in [7, 11) is 0. The molecule has 0 radical (unpaired) electrons. The van der Waals surface area contributed by atoms with Gasteiger partial charge in [0.15, 0.2) is 0 Å².